The Hall–Kier alpha value is -2.51. The van der Waals surface area contributed by atoms with Crippen LogP contribution in [0.1, 0.15) is 30.0 Å². The third-order valence-corrected chi connectivity index (χ3v) is 6.37. The van der Waals surface area contributed by atoms with Crippen LogP contribution in [-0.2, 0) is 16.4 Å². The van der Waals surface area contributed by atoms with E-state index in [0.717, 1.165) is 38.2 Å². The second-order valence-electron chi connectivity index (χ2n) is 7.31. The van der Waals surface area contributed by atoms with Crippen molar-refractivity contribution in [2.75, 3.05) is 19.3 Å². The largest absolute Gasteiger partial charge is 0.298 e. The highest BCUT2D eigenvalue weighted by molar-refractivity contribution is 7.90. The van der Waals surface area contributed by atoms with Crippen LogP contribution in [0.5, 0.6) is 0 Å². The number of rotatable bonds is 5. The molecule has 0 bridgehead atoms. The topological polar surface area (TPSA) is 68.1 Å². The van der Waals surface area contributed by atoms with E-state index < -0.39 is 9.84 Å². The minimum absolute atomic E-state index is 0.122. The summed E-state index contributed by atoms with van der Waals surface area (Å²) in [5.74, 6) is 0.122. The molecule has 0 aliphatic carbocycles. The fourth-order valence-corrected chi connectivity index (χ4v) is 4.89. The zero-order valence-electron chi connectivity index (χ0n) is 15.9. The molecule has 0 radical (unpaired) electrons. The van der Waals surface area contributed by atoms with E-state index in [1.807, 2.05) is 29.1 Å². The highest BCUT2D eigenvalue weighted by atomic mass is 32.2. The number of nitrogens with zero attached hydrogens (tertiary/aromatic N) is 4. The van der Waals surface area contributed by atoms with Crippen molar-refractivity contribution in [1.29, 1.82) is 0 Å². The lowest BCUT2D eigenvalue weighted by Gasteiger charge is -2.33. The quantitative estimate of drug-likeness (QED) is 0.663. The molecular formula is C21H24N4O2S. The van der Waals surface area contributed by atoms with E-state index in [2.05, 4.69) is 27.1 Å². The van der Waals surface area contributed by atoms with Crippen LogP contribution in [0.3, 0.4) is 0 Å². The number of piperidine rings is 1. The molecule has 1 atom stereocenters. The molecule has 0 N–H and O–H groups in total. The SMILES string of the molecule is CS(=O)(=O)c1cccnc1C1CCCN(Cc2ccccc2-n2cccn2)C1. The fraction of sp³-hybridized carbons (Fsp3) is 0.333. The Morgan fingerprint density at radius 1 is 1.11 bits per heavy atom. The van der Waals surface area contributed by atoms with Gasteiger partial charge in [-0.2, -0.15) is 5.10 Å². The first-order chi connectivity index (χ1) is 13.5. The fourth-order valence-electron chi connectivity index (χ4n) is 3.97. The van der Waals surface area contributed by atoms with Crippen LogP contribution in [-0.4, -0.2) is 47.4 Å². The summed E-state index contributed by atoms with van der Waals surface area (Å²) in [5, 5.41) is 4.36. The van der Waals surface area contributed by atoms with Crippen molar-refractivity contribution in [2.24, 2.45) is 0 Å². The second-order valence-corrected chi connectivity index (χ2v) is 9.30. The molecule has 1 fully saturated rings. The van der Waals surface area contributed by atoms with Gasteiger partial charge in [-0.05, 0) is 49.2 Å². The predicted octanol–water partition coefficient (Wildman–Crippen LogP) is 3.05. The Labute approximate surface area is 165 Å². The number of hydrogen-bond acceptors (Lipinski definition) is 5. The lowest BCUT2D eigenvalue weighted by molar-refractivity contribution is 0.197. The van der Waals surface area contributed by atoms with Crippen LogP contribution in [0, 0.1) is 0 Å². The Morgan fingerprint density at radius 2 is 1.96 bits per heavy atom. The minimum Gasteiger partial charge on any atom is -0.298 e. The molecule has 6 nitrogen and oxygen atoms in total. The molecule has 0 spiro atoms. The Morgan fingerprint density at radius 3 is 2.75 bits per heavy atom. The molecule has 146 valence electrons. The van der Waals surface area contributed by atoms with E-state index in [0.29, 0.717) is 10.6 Å². The smallest absolute Gasteiger partial charge is 0.177 e. The first-order valence-electron chi connectivity index (χ1n) is 9.47. The van der Waals surface area contributed by atoms with Crippen LogP contribution in [0.25, 0.3) is 5.69 Å². The molecule has 7 heteroatoms. The lowest BCUT2D eigenvalue weighted by atomic mass is 9.93. The van der Waals surface area contributed by atoms with Gasteiger partial charge in [-0.25, -0.2) is 13.1 Å². The molecule has 4 rings (SSSR count). The molecule has 1 unspecified atom stereocenters. The van der Waals surface area contributed by atoms with Gasteiger partial charge in [0.05, 0.1) is 16.3 Å². The molecule has 1 aromatic carbocycles. The average Bonchev–Trinajstić information content (AvgIpc) is 3.23. The van der Waals surface area contributed by atoms with Crippen molar-refractivity contribution in [1.82, 2.24) is 19.7 Å². The minimum atomic E-state index is -3.29. The number of sulfone groups is 1. The van der Waals surface area contributed by atoms with Crippen molar-refractivity contribution in [3.63, 3.8) is 0 Å². The van der Waals surface area contributed by atoms with E-state index in [-0.39, 0.29) is 5.92 Å². The van der Waals surface area contributed by atoms with E-state index in [1.54, 1.807) is 24.5 Å². The van der Waals surface area contributed by atoms with Crippen LogP contribution < -0.4 is 0 Å². The predicted molar refractivity (Wildman–Crippen MR) is 108 cm³/mol. The number of aromatic nitrogens is 3. The van der Waals surface area contributed by atoms with Gasteiger partial charge >= 0.3 is 0 Å². The summed E-state index contributed by atoms with van der Waals surface area (Å²) in [6.45, 7) is 2.59. The molecule has 2 aromatic heterocycles. The summed E-state index contributed by atoms with van der Waals surface area (Å²) in [6.07, 6.45) is 8.65. The van der Waals surface area contributed by atoms with E-state index in [9.17, 15) is 8.42 Å². The molecule has 1 saturated heterocycles. The summed E-state index contributed by atoms with van der Waals surface area (Å²) in [7, 11) is -3.29. The maximum atomic E-state index is 12.2. The average molecular weight is 397 g/mol. The first-order valence-corrected chi connectivity index (χ1v) is 11.4. The molecule has 1 aliphatic rings. The van der Waals surface area contributed by atoms with Gasteiger partial charge < -0.3 is 0 Å². The lowest BCUT2D eigenvalue weighted by Crippen LogP contribution is -2.35. The molecular weight excluding hydrogens is 372 g/mol. The Kier molecular flexibility index (Phi) is 5.28. The van der Waals surface area contributed by atoms with Crippen molar-refractivity contribution in [3.05, 3.63) is 72.3 Å². The maximum absolute atomic E-state index is 12.2. The normalized spacial score (nSPS) is 18.2. The van der Waals surface area contributed by atoms with Gasteiger partial charge in [-0.3, -0.25) is 9.88 Å². The van der Waals surface area contributed by atoms with Crippen LogP contribution >= 0.6 is 0 Å². The number of para-hydroxylation sites is 1. The van der Waals surface area contributed by atoms with Gasteiger partial charge in [0.1, 0.15) is 0 Å². The zero-order valence-corrected chi connectivity index (χ0v) is 16.7. The second kappa shape index (κ2) is 7.85. The van der Waals surface area contributed by atoms with E-state index >= 15 is 0 Å². The van der Waals surface area contributed by atoms with Gasteiger partial charge in [0.15, 0.2) is 9.84 Å². The number of likely N-dealkylation sites (tertiary alicyclic amines) is 1. The molecule has 3 heterocycles. The zero-order chi connectivity index (χ0) is 19.6. The highest BCUT2D eigenvalue weighted by Crippen LogP contribution is 2.31. The first kappa shape index (κ1) is 18.8. The summed E-state index contributed by atoms with van der Waals surface area (Å²) in [5.41, 5.74) is 2.98. The van der Waals surface area contributed by atoms with Crippen molar-refractivity contribution in [2.45, 2.75) is 30.2 Å². The Balaban J connectivity index is 1.57. The van der Waals surface area contributed by atoms with Gasteiger partial charge in [0, 0.05) is 43.9 Å². The van der Waals surface area contributed by atoms with Crippen LogP contribution in [0.2, 0.25) is 0 Å². The van der Waals surface area contributed by atoms with Crippen molar-refractivity contribution >= 4 is 9.84 Å². The summed E-state index contributed by atoms with van der Waals surface area (Å²) in [6, 6.07) is 13.6. The highest BCUT2D eigenvalue weighted by Gasteiger charge is 2.27. The van der Waals surface area contributed by atoms with Gasteiger partial charge in [-0.1, -0.05) is 18.2 Å². The maximum Gasteiger partial charge on any atom is 0.177 e. The molecule has 0 saturated carbocycles. The third kappa shape index (κ3) is 4.00. The standard InChI is InChI=1S/C21H24N4O2S/c1-28(26,27)20-10-4-11-22-21(20)18-8-5-13-24(16-18)15-17-7-2-3-9-19(17)25-14-6-12-23-25/h2-4,6-7,9-12,14,18H,5,8,13,15-16H2,1H3. The Bertz CT molecular complexity index is 1050. The van der Waals surface area contributed by atoms with Crippen LogP contribution in [0.15, 0.2) is 66.0 Å². The number of hydrogen-bond donors (Lipinski definition) is 0. The van der Waals surface area contributed by atoms with Crippen molar-refractivity contribution in [3.8, 4) is 5.69 Å². The van der Waals surface area contributed by atoms with Crippen molar-refractivity contribution < 1.29 is 8.42 Å². The van der Waals surface area contributed by atoms with Crippen LogP contribution in [0.4, 0.5) is 0 Å². The molecule has 0 amide bonds. The number of benzene rings is 1. The molecule has 3 aromatic rings. The summed E-state index contributed by atoms with van der Waals surface area (Å²) in [4.78, 5) is 7.19. The van der Waals surface area contributed by atoms with Gasteiger partial charge in [0.25, 0.3) is 0 Å². The summed E-state index contributed by atoms with van der Waals surface area (Å²) >= 11 is 0. The van der Waals surface area contributed by atoms with Gasteiger partial charge in [-0.15, -0.1) is 0 Å². The van der Waals surface area contributed by atoms with E-state index in [4.69, 9.17) is 0 Å². The summed E-state index contributed by atoms with van der Waals surface area (Å²) < 4.78 is 26.2. The number of pyridine rings is 1. The third-order valence-electron chi connectivity index (χ3n) is 5.23. The van der Waals surface area contributed by atoms with Gasteiger partial charge in [0.2, 0.25) is 0 Å². The van der Waals surface area contributed by atoms with E-state index in [1.165, 1.54) is 11.8 Å². The molecule has 28 heavy (non-hydrogen) atoms. The molecule has 1 aliphatic heterocycles. The monoisotopic (exact) mass is 396 g/mol.